The van der Waals surface area contributed by atoms with Crippen LogP contribution in [0, 0.1) is 30.6 Å². The van der Waals surface area contributed by atoms with Gasteiger partial charge in [0, 0.05) is 101 Å². The van der Waals surface area contributed by atoms with E-state index in [0.29, 0.717) is 66.6 Å². The van der Waals surface area contributed by atoms with E-state index in [1.165, 1.54) is 6.07 Å². The zero-order valence-corrected chi connectivity index (χ0v) is 50.1. The number of nitrogens with one attached hydrogen (secondary N) is 7. The molecule has 2 aromatic heterocycles. The molecule has 2 saturated heterocycles. The van der Waals surface area contributed by atoms with Crippen LogP contribution >= 0.6 is 12.4 Å². The fourth-order valence-corrected chi connectivity index (χ4v) is 8.09. The minimum Gasteiger partial charge on any atom is -0.444 e. The van der Waals surface area contributed by atoms with Crippen LogP contribution in [-0.2, 0) is 9.47 Å². The van der Waals surface area contributed by atoms with Crippen molar-refractivity contribution < 1.29 is 33.0 Å². The number of halogens is 2. The minimum absolute atomic E-state index is 0. The lowest BCUT2D eigenvalue weighted by Gasteiger charge is -2.28. The standard InChI is InChI=1S/C28H43N7O3.C22H29FN6O3.C6H15N.ClH/c1-18-10-11-19(24(36)29-8)14-21(18)31-22-15-23(34(9)17-27(2,3)4)33-25(32-22)30-20-12-13-35(16-20)26(37)38-28(5,6)7;1-13-6-7-14(19(30)24-5)10-16(13)26-18-11-17(23)27-20(28-18)25-15-8-9-29(12-15)21(31)32-22(2,3)4;1-6(2,3)5-7-4;/h10-11,14-15,20H,12-13,16-17H2,1-9H3,(H,29,36)(H2,30,31,32,33);6-7,10-11,15H,8-9,12H2,1-5H3,(H,24,30)(H2,25,26,27,28);7H,5H2,1-4H3;1H/t20-;15-;;/m11../s1. The molecule has 0 radical (unpaired) electrons. The highest BCUT2D eigenvalue weighted by atomic mass is 35.5. The number of hydrogen-bond donors (Lipinski definition) is 7. The summed E-state index contributed by atoms with van der Waals surface area (Å²) in [6.07, 6.45) is 0.738. The van der Waals surface area contributed by atoms with Crippen molar-refractivity contribution in [1.29, 1.82) is 0 Å². The first kappa shape index (κ1) is 65.5. The Morgan fingerprint density at radius 2 is 1.05 bits per heavy atom. The number of anilines is 7. The van der Waals surface area contributed by atoms with E-state index in [1.54, 1.807) is 48.2 Å². The number of carbonyl (C=O) groups is 4. The Kier molecular flexibility index (Phi) is 23.7. The van der Waals surface area contributed by atoms with Gasteiger partial charge in [0.25, 0.3) is 11.8 Å². The van der Waals surface area contributed by atoms with Gasteiger partial charge in [-0.3, -0.25) is 9.59 Å². The number of nitrogens with zero attached hydrogens (tertiary/aromatic N) is 7. The molecule has 4 amide bonds. The second kappa shape index (κ2) is 28.2. The lowest BCUT2D eigenvalue weighted by Crippen LogP contribution is -2.36. The van der Waals surface area contributed by atoms with Crippen LogP contribution in [0.1, 0.15) is 128 Å². The van der Waals surface area contributed by atoms with Gasteiger partial charge in [0.15, 0.2) is 0 Å². The third kappa shape index (κ3) is 22.3. The van der Waals surface area contributed by atoms with E-state index in [-0.39, 0.29) is 65.7 Å². The first-order chi connectivity index (χ1) is 35.7. The van der Waals surface area contributed by atoms with Crippen molar-refractivity contribution in [2.75, 3.05) is 93.6 Å². The van der Waals surface area contributed by atoms with Crippen LogP contribution in [0.15, 0.2) is 48.5 Å². The highest BCUT2D eigenvalue weighted by Gasteiger charge is 2.32. The molecule has 0 spiro atoms. The summed E-state index contributed by atoms with van der Waals surface area (Å²) in [5.41, 5.74) is 3.72. The molecule has 4 heterocycles. The largest absolute Gasteiger partial charge is 0.444 e. The number of amides is 4. The Morgan fingerprint density at radius 1 is 0.628 bits per heavy atom. The molecule has 4 aromatic rings. The van der Waals surface area contributed by atoms with Gasteiger partial charge >= 0.3 is 12.2 Å². The Hall–Kier alpha value is -6.74. The van der Waals surface area contributed by atoms with Gasteiger partial charge in [0.1, 0.15) is 28.7 Å². The highest BCUT2D eigenvalue weighted by Crippen LogP contribution is 2.28. The summed E-state index contributed by atoms with van der Waals surface area (Å²) < 4.78 is 25.1. The first-order valence-electron chi connectivity index (χ1n) is 26.2. The fraction of sp³-hybridized carbons (Fsp3) is 0.571. The number of aryl methyl sites for hydroxylation is 2. The van der Waals surface area contributed by atoms with Crippen molar-refractivity contribution in [2.45, 2.75) is 133 Å². The molecule has 2 fully saturated rings. The van der Waals surface area contributed by atoms with Gasteiger partial charge in [-0.25, -0.2) is 9.59 Å². The van der Waals surface area contributed by atoms with Crippen molar-refractivity contribution in [1.82, 2.24) is 45.7 Å². The van der Waals surface area contributed by atoms with Gasteiger partial charge in [-0.15, -0.1) is 12.4 Å². The van der Waals surface area contributed by atoms with Crippen molar-refractivity contribution in [3.8, 4) is 0 Å². The minimum atomic E-state index is -0.702. The van der Waals surface area contributed by atoms with Crippen molar-refractivity contribution in [3.05, 3.63) is 76.7 Å². The SMILES string of the molecule is CNC(=O)c1ccc(C)c(Nc2cc(F)nc(N[C@@H]3CCN(C(=O)OC(C)(C)C)C3)n2)c1.CNC(=O)c1ccc(C)c(Nc2cc(N(C)CC(C)(C)C)nc(N[C@@H]3CCN(C(=O)OC(C)(C)C)C3)n2)c1.CNCC(C)(C)C.Cl. The van der Waals surface area contributed by atoms with Crippen LogP contribution in [0.2, 0.25) is 0 Å². The molecule has 22 heteroatoms. The smallest absolute Gasteiger partial charge is 0.410 e. The van der Waals surface area contributed by atoms with Crippen LogP contribution in [0.3, 0.4) is 0 Å². The summed E-state index contributed by atoms with van der Waals surface area (Å²) in [7, 11) is 7.16. The lowest BCUT2D eigenvalue weighted by molar-refractivity contribution is 0.0283. The maximum Gasteiger partial charge on any atom is 0.410 e. The summed E-state index contributed by atoms with van der Waals surface area (Å²) in [6, 6.07) is 13.7. The zero-order valence-electron chi connectivity index (χ0n) is 49.3. The first-order valence-corrected chi connectivity index (χ1v) is 26.2. The molecule has 20 nitrogen and oxygen atoms in total. The summed E-state index contributed by atoms with van der Waals surface area (Å²) in [6.45, 7) is 32.0. The van der Waals surface area contributed by atoms with E-state index in [0.717, 1.165) is 42.1 Å². The van der Waals surface area contributed by atoms with E-state index >= 15 is 0 Å². The third-order valence-corrected chi connectivity index (χ3v) is 11.5. The number of rotatable bonds is 13. The molecule has 0 bridgehead atoms. The van der Waals surface area contributed by atoms with E-state index in [2.05, 4.69) is 93.6 Å². The Balaban J connectivity index is 0.000000365. The molecular weight excluding hydrogens is 1020 g/mol. The summed E-state index contributed by atoms with van der Waals surface area (Å²) in [4.78, 5) is 72.0. The van der Waals surface area contributed by atoms with Gasteiger partial charge < -0.3 is 61.4 Å². The van der Waals surface area contributed by atoms with Gasteiger partial charge in [-0.05, 0) is 128 Å². The molecule has 432 valence electrons. The maximum absolute atomic E-state index is 14.2. The Bertz CT molecular complexity index is 2650. The second-order valence-electron chi connectivity index (χ2n) is 23.9. The summed E-state index contributed by atoms with van der Waals surface area (Å²) >= 11 is 0. The van der Waals surface area contributed by atoms with Crippen molar-refractivity contribution >= 4 is 77.1 Å². The molecule has 2 aliphatic heterocycles. The number of hydrogen-bond acceptors (Lipinski definition) is 16. The summed E-state index contributed by atoms with van der Waals surface area (Å²) in [5.74, 6) is 1.13. The molecule has 2 aromatic carbocycles. The van der Waals surface area contributed by atoms with Gasteiger partial charge in [-0.2, -0.15) is 24.3 Å². The van der Waals surface area contributed by atoms with Gasteiger partial charge in [0.05, 0.1) is 0 Å². The number of likely N-dealkylation sites (tertiary alicyclic amines) is 2. The number of benzene rings is 2. The van der Waals surface area contributed by atoms with Gasteiger partial charge in [0.2, 0.25) is 17.8 Å². The van der Waals surface area contributed by atoms with Crippen LogP contribution in [0.5, 0.6) is 0 Å². The zero-order chi connectivity index (χ0) is 57.6. The average molecular weight is 1110 g/mol. The van der Waals surface area contributed by atoms with E-state index in [9.17, 15) is 23.6 Å². The number of carbonyl (C=O) groups excluding carboxylic acids is 4. The van der Waals surface area contributed by atoms with Crippen molar-refractivity contribution in [2.24, 2.45) is 10.8 Å². The second-order valence-corrected chi connectivity index (χ2v) is 23.9. The molecule has 6 rings (SSSR count). The highest BCUT2D eigenvalue weighted by molar-refractivity contribution is 5.96. The normalized spacial score (nSPS) is 15.3. The average Bonchev–Trinajstić information content (AvgIpc) is 3.98. The van der Waals surface area contributed by atoms with E-state index < -0.39 is 17.1 Å². The third-order valence-electron chi connectivity index (χ3n) is 11.5. The van der Waals surface area contributed by atoms with Crippen LogP contribution in [0.25, 0.3) is 0 Å². The molecule has 7 N–H and O–H groups in total. The molecular formula is C56H88ClFN14O6. The van der Waals surface area contributed by atoms with Crippen LogP contribution in [-0.4, -0.2) is 144 Å². The Labute approximate surface area is 468 Å². The van der Waals surface area contributed by atoms with E-state index in [4.69, 9.17) is 19.4 Å². The lowest BCUT2D eigenvalue weighted by atomic mass is 9.96. The maximum atomic E-state index is 14.2. The molecule has 0 saturated carbocycles. The summed E-state index contributed by atoms with van der Waals surface area (Å²) in [5, 5.41) is 21.3. The molecule has 2 atom stereocenters. The molecule has 0 unspecified atom stereocenters. The number of ether oxygens (including phenoxy) is 2. The van der Waals surface area contributed by atoms with E-state index in [1.807, 2.05) is 87.7 Å². The predicted molar refractivity (Wildman–Crippen MR) is 313 cm³/mol. The molecule has 2 aliphatic rings. The molecule has 0 aliphatic carbocycles. The fourth-order valence-electron chi connectivity index (χ4n) is 8.09. The monoisotopic (exact) mass is 1110 g/mol. The number of aromatic nitrogens is 4. The molecule has 78 heavy (non-hydrogen) atoms. The van der Waals surface area contributed by atoms with Crippen LogP contribution in [0.4, 0.5) is 54.7 Å². The van der Waals surface area contributed by atoms with Gasteiger partial charge in [-0.1, -0.05) is 53.7 Å². The van der Waals surface area contributed by atoms with Crippen LogP contribution < -0.4 is 42.1 Å². The topological polar surface area (TPSA) is 232 Å². The quantitative estimate of drug-likeness (QED) is 0.0618. The Morgan fingerprint density at radius 3 is 1.42 bits per heavy atom. The van der Waals surface area contributed by atoms with Crippen molar-refractivity contribution in [3.63, 3.8) is 0 Å². The predicted octanol–water partition coefficient (Wildman–Crippen LogP) is 9.91.